The van der Waals surface area contributed by atoms with Crippen LogP contribution >= 0.6 is 0 Å². The maximum atomic E-state index is 10.5. The number of hydrogen-bond donors (Lipinski definition) is 2. The molecule has 3 aliphatic carbocycles. The molecule has 0 saturated heterocycles. The molecule has 3 heteroatoms. The van der Waals surface area contributed by atoms with E-state index in [0.29, 0.717) is 12.0 Å². The van der Waals surface area contributed by atoms with Gasteiger partial charge in [0, 0.05) is 12.0 Å². The van der Waals surface area contributed by atoms with Crippen molar-refractivity contribution in [2.45, 2.75) is 63.3 Å². The predicted octanol–water partition coefficient (Wildman–Crippen LogP) is 2.80. The molecule has 3 rings (SSSR count). The van der Waals surface area contributed by atoms with Crippen LogP contribution in [0.2, 0.25) is 0 Å². The lowest BCUT2D eigenvalue weighted by Crippen LogP contribution is -2.49. The monoisotopic (exact) mass is 251 g/mol. The Morgan fingerprint density at radius 3 is 2.94 bits per heavy atom. The molecule has 3 saturated carbocycles. The highest BCUT2D eigenvalue weighted by Gasteiger charge is 2.49. The van der Waals surface area contributed by atoms with E-state index in [1.807, 2.05) is 0 Å². The molecular weight excluding hydrogens is 226 g/mol. The van der Waals surface area contributed by atoms with E-state index in [0.717, 1.165) is 30.7 Å². The average molecular weight is 251 g/mol. The van der Waals surface area contributed by atoms with Gasteiger partial charge in [-0.25, -0.2) is 0 Å². The Morgan fingerprint density at radius 2 is 2.11 bits per heavy atom. The zero-order valence-electron chi connectivity index (χ0n) is 11.2. The molecule has 3 fully saturated rings. The summed E-state index contributed by atoms with van der Waals surface area (Å²) in [6.45, 7) is 0.885. The molecule has 102 valence electrons. The van der Waals surface area contributed by atoms with E-state index in [1.54, 1.807) is 0 Å². The summed E-state index contributed by atoms with van der Waals surface area (Å²) >= 11 is 0. The van der Waals surface area contributed by atoms with Crippen LogP contribution in [0.15, 0.2) is 0 Å². The van der Waals surface area contributed by atoms with Crippen molar-refractivity contribution in [3.05, 3.63) is 0 Å². The number of aliphatic carboxylic acids is 1. The average Bonchev–Trinajstić information content (AvgIpc) is 2.53. The van der Waals surface area contributed by atoms with Gasteiger partial charge in [0.05, 0.1) is 0 Å². The molecule has 3 nitrogen and oxygen atoms in total. The highest BCUT2D eigenvalue weighted by Crippen LogP contribution is 2.54. The second-order valence-corrected chi connectivity index (χ2v) is 6.86. The van der Waals surface area contributed by atoms with Gasteiger partial charge in [0.2, 0.25) is 0 Å². The first-order valence-electron chi connectivity index (χ1n) is 7.64. The van der Waals surface area contributed by atoms with Crippen molar-refractivity contribution < 1.29 is 9.90 Å². The molecule has 3 bridgehead atoms. The molecular formula is C15H25NO2. The van der Waals surface area contributed by atoms with Crippen LogP contribution in [0.5, 0.6) is 0 Å². The van der Waals surface area contributed by atoms with Crippen LogP contribution in [0.3, 0.4) is 0 Å². The fraction of sp³-hybridized carbons (Fsp3) is 0.933. The minimum absolute atomic E-state index is 0.304. The van der Waals surface area contributed by atoms with Crippen molar-refractivity contribution >= 4 is 5.97 Å². The van der Waals surface area contributed by atoms with Crippen LogP contribution in [0.25, 0.3) is 0 Å². The third-order valence-electron chi connectivity index (χ3n) is 5.57. The van der Waals surface area contributed by atoms with Crippen molar-refractivity contribution in [1.29, 1.82) is 0 Å². The van der Waals surface area contributed by atoms with Gasteiger partial charge in [-0.15, -0.1) is 0 Å². The van der Waals surface area contributed by atoms with Crippen molar-refractivity contribution in [2.75, 3.05) is 6.54 Å². The molecule has 4 unspecified atom stereocenters. The Morgan fingerprint density at radius 1 is 1.28 bits per heavy atom. The number of rotatable bonds is 5. The molecule has 0 spiro atoms. The Kier molecular flexibility index (Phi) is 3.35. The van der Waals surface area contributed by atoms with Crippen LogP contribution in [0.1, 0.15) is 57.8 Å². The van der Waals surface area contributed by atoms with E-state index in [-0.39, 0.29) is 0 Å². The first kappa shape index (κ1) is 12.5. The maximum Gasteiger partial charge on any atom is 0.303 e. The van der Waals surface area contributed by atoms with Gasteiger partial charge < -0.3 is 10.4 Å². The van der Waals surface area contributed by atoms with Gasteiger partial charge in [-0.05, 0) is 62.8 Å². The Hall–Kier alpha value is -0.570. The van der Waals surface area contributed by atoms with E-state index in [2.05, 4.69) is 5.32 Å². The largest absolute Gasteiger partial charge is 0.481 e. The number of hydrogen-bond acceptors (Lipinski definition) is 2. The second-order valence-electron chi connectivity index (χ2n) is 6.86. The molecule has 18 heavy (non-hydrogen) atoms. The zero-order chi connectivity index (χ0) is 12.6. The number of carbonyl (C=O) groups is 1. The van der Waals surface area contributed by atoms with Gasteiger partial charge in [0.15, 0.2) is 0 Å². The molecule has 3 aliphatic rings. The summed E-state index contributed by atoms with van der Waals surface area (Å²) in [5.74, 6) is 2.28. The first-order chi connectivity index (χ1) is 8.67. The summed E-state index contributed by atoms with van der Waals surface area (Å²) in [6, 6.07) is 0. The van der Waals surface area contributed by atoms with Crippen LogP contribution in [0.4, 0.5) is 0 Å². The SMILES string of the molecule is O=C(O)CCCNC12CCCC3CC(CC3C1)C2. The first-order valence-corrected chi connectivity index (χ1v) is 7.64. The highest BCUT2D eigenvalue weighted by molar-refractivity contribution is 5.66. The topological polar surface area (TPSA) is 49.3 Å². The molecule has 0 amide bonds. The molecule has 0 aliphatic heterocycles. The van der Waals surface area contributed by atoms with Crippen molar-refractivity contribution in [3.63, 3.8) is 0 Å². The molecule has 0 aromatic rings. The highest BCUT2D eigenvalue weighted by atomic mass is 16.4. The van der Waals surface area contributed by atoms with Crippen molar-refractivity contribution in [2.24, 2.45) is 17.8 Å². The van der Waals surface area contributed by atoms with Crippen molar-refractivity contribution in [1.82, 2.24) is 5.32 Å². The third kappa shape index (κ3) is 2.42. The summed E-state index contributed by atoms with van der Waals surface area (Å²) in [6.07, 6.45) is 10.9. The predicted molar refractivity (Wildman–Crippen MR) is 70.4 cm³/mol. The van der Waals surface area contributed by atoms with Crippen LogP contribution < -0.4 is 5.32 Å². The van der Waals surface area contributed by atoms with Crippen LogP contribution in [0, 0.1) is 17.8 Å². The van der Waals surface area contributed by atoms with E-state index in [4.69, 9.17) is 5.11 Å². The lowest BCUT2D eigenvalue weighted by Gasteiger charge is -2.41. The number of carboxylic acids is 1. The summed E-state index contributed by atoms with van der Waals surface area (Å²) in [5, 5.41) is 12.4. The third-order valence-corrected chi connectivity index (χ3v) is 5.57. The van der Waals surface area contributed by atoms with E-state index >= 15 is 0 Å². The van der Waals surface area contributed by atoms with Gasteiger partial charge in [-0.2, -0.15) is 0 Å². The lowest BCUT2D eigenvalue weighted by molar-refractivity contribution is -0.137. The summed E-state index contributed by atoms with van der Waals surface area (Å²) < 4.78 is 0. The molecule has 0 radical (unpaired) electrons. The fourth-order valence-corrected chi connectivity index (χ4v) is 4.98. The van der Waals surface area contributed by atoms with Gasteiger partial charge in [-0.3, -0.25) is 4.79 Å². The molecule has 0 aromatic carbocycles. The minimum atomic E-state index is -0.668. The quantitative estimate of drug-likeness (QED) is 0.739. The second kappa shape index (κ2) is 4.84. The van der Waals surface area contributed by atoms with Gasteiger partial charge in [0.25, 0.3) is 0 Å². The Balaban J connectivity index is 1.57. The maximum absolute atomic E-state index is 10.5. The van der Waals surface area contributed by atoms with E-state index in [1.165, 1.54) is 44.9 Å². The standard InChI is InChI=1S/C15H25NO2/c17-14(18)4-2-6-16-15-5-1-3-12-7-11(9-15)8-13(12)10-15/h11-13,16H,1-10H2,(H,17,18). The van der Waals surface area contributed by atoms with Gasteiger partial charge in [0.1, 0.15) is 0 Å². The molecule has 0 heterocycles. The summed E-state index contributed by atoms with van der Waals surface area (Å²) in [5.41, 5.74) is 0.372. The van der Waals surface area contributed by atoms with Crippen LogP contribution in [-0.2, 0) is 4.79 Å². The lowest BCUT2D eigenvalue weighted by atomic mass is 9.73. The molecule has 0 aromatic heterocycles. The fourth-order valence-electron chi connectivity index (χ4n) is 4.98. The molecule has 4 atom stereocenters. The number of fused-ring (bicyclic) bond motifs is 2. The summed E-state index contributed by atoms with van der Waals surface area (Å²) in [4.78, 5) is 10.5. The Bertz CT molecular complexity index is 330. The van der Waals surface area contributed by atoms with Gasteiger partial charge in [-0.1, -0.05) is 12.8 Å². The van der Waals surface area contributed by atoms with Crippen LogP contribution in [-0.4, -0.2) is 23.2 Å². The normalized spacial score (nSPS) is 41.9. The minimum Gasteiger partial charge on any atom is -0.481 e. The summed E-state index contributed by atoms with van der Waals surface area (Å²) in [7, 11) is 0. The van der Waals surface area contributed by atoms with Gasteiger partial charge >= 0.3 is 5.97 Å². The van der Waals surface area contributed by atoms with E-state index in [9.17, 15) is 4.79 Å². The van der Waals surface area contributed by atoms with Crippen molar-refractivity contribution in [3.8, 4) is 0 Å². The molecule has 2 N–H and O–H groups in total. The smallest absolute Gasteiger partial charge is 0.303 e. The number of nitrogens with one attached hydrogen (secondary N) is 1. The zero-order valence-corrected chi connectivity index (χ0v) is 11.2. The number of carboxylic acid groups (broad SMARTS) is 1. The Labute approximate surface area is 109 Å². The van der Waals surface area contributed by atoms with E-state index < -0.39 is 5.97 Å².